The van der Waals surface area contributed by atoms with E-state index in [4.69, 9.17) is 4.74 Å². The van der Waals surface area contributed by atoms with Gasteiger partial charge >= 0.3 is 0 Å². The third kappa shape index (κ3) is 4.16. The predicted molar refractivity (Wildman–Crippen MR) is 81.9 cm³/mol. The molecule has 0 unspecified atom stereocenters. The number of likely N-dealkylation sites (N-methyl/N-ethyl adjacent to an activating group) is 1. The van der Waals surface area contributed by atoms with Crippen molar-refractivity contribution < 1.29 is 9.47 Å². The van der Waals surface area contributed by atoms with Crippen molar-refractivity contribution in [1.82, 2.24) is 9.88 Å². The van der Waals surface area contributed by atoms with Gasteiger partial charge in [0.15, 0.2) is 6.20 Å². The molecular formula is C16H21N3O2. The summed E-state index contributed by atoms with van der Waals surface area (Å²) in [7, 11) is 0. The third-order valence-corrected chi connectivity index (χ3v) is 3.39. The second-order valence-corrected chi connectivity index (χ2v) is 4.66. The van der Waals surface area contributed by atoms with Gasteiger partial charge in [0.2, 0.25) is 5.69 Å². The molecule has 21 heavy (non-hydrogen) atoms. The van der Waals surface area contributed by atoms with E-state index < -0.39 is 0 Å². The van der Waals surface area contributed by atoms with Crippen LogP contribution >= 0.6 is 0 Å². The van der Waals surface area contributed by atoms with Crippen molar-refractivity contribution in [3.8, 4) is 17.1 Å². The van der Waals surface area contributed by atoms with Crippen LogP contribution in [0.15, 0.2) is 42.7 Å². The molecular weight excluding hydrogens is 266 g/mol. The molecule has 0 spiro atoms. The Bertz CT molecular complexity index is 557. The Balaban J connectivity index is 2.05. The Hall–Kier alpha value is -2.14. The fraction of sp³-hybridized carbons (Fsp3) is 0.375. The first kappa shape index (κ1) is 15.3. The van der Waals surface area contributed by atoms with E-state index in [0.29, 0.717) is 23.7 Å². The van der Waals surface area contributed by atoms with Crippen LogP contribution in [0.2, 0.25) is 0 Å². The SMILES string of the molecule is CCN(CC)CCOc1cc[n+]([O-])c(-c2ccccn2)c1. The molecule has 0 N–H and O–H groups in total. The molecule has 2 aromatic heterocycles. The van der Waals surface area contributed by atoms with E-state index in [2.05, 4.69) is 23.7 Å². The quantitative estimate of drug-likeness (QED) is 0.578. The van der Waals surface area contributed by atoms with Crippen LogP contribution in [0.5, 0.6) is 5.75 Å². The second kappa shape index (κ2) is 7.59. The Morgan fingerprint density at radius 1 is 1.24 bits per heavy atom. The lowest BCUT2D eigenvalue weighted by molar-refractivity contribution is -0.593. The zero-order valence-electron chi connectivity index (χ0n) is 12.5. The molecule has 0 aliphatic rings. The molecule has 2 heterocycles. The molecule has 0 saturated carbocycles. The highest BCUT2D eigenvalue weighted by molar-refractivity contribution is 5.52. The van der Waals surface area contributed by atoms with Gasteiger partial charge in [-0.15, -0.1) is 0 Å². The lowest BCUT2D eigenvalue weighted by Gasteiger charge is -2.18. The fourth-order valence-electron chi connectivity index (χ4n) is 2.09. The van der Waals surface area contributed by atoms with Crippen molar-refractivity contribution >= 4 is 0 Å². The second-order valence-electron chi connectivity index (χ2n) is 4.66. The molecule has 0 bridgehead atoms. The lowest BCUT2D eigenvalue weighted by atomic mass is 10.2. The van der Waals surface area contributed by atoms with E-state index in [9.17, 15) is 5.21 Å². The van der Waals surface area contributed by atoms with E-state index in [1.165, 1.54) is 6.20 Å². The molecule has 0 atom stereocenters. The normalized spacial score (nSPS) is 10.8. The molecule has 5 nitrogen and oxygen atoms in total. The van der Waals surface area contributed by atoms with Gasteiger partial charge in [0.05, 0.1) is 6.07 Å². The Morgan fingerprint density at radius 2 is 2.05 bits per heavy atom. The highest BCUT2D eigenvalue weighted by atomic mass is 16.5. The summed E-state index contributed by atoms with van der Waals surface area (Å²) < 4.78 is 6.54. The maximum atomic E-state index is 11.9. The first-order valence-electron chi connectivity index (χ1n) is 7.24. The van der Waals surface area contributed by atoms with Crippen molar-refractivity contribution in [2.45, 2.75) is 13.8 Å². The molecule has 0 aromatic carbocycles. The zero-order chi connectivity index (χ0) is 15.1. The molecule has 2 rings (SSSR count). The van der Waals surface area contributed by atoms with E-state index in [1.807, 2.05) is 18.2 Å². The number of hydrogen-bond acceptors (Lipinski definition) is 4. The summed E-state index contributed by atoms with van der Waals surface area (Å²) in [6.45, 7) is 7.75. The summed E-state index contributed by atoms with van der Waals surface area (Å²) in [6.07, 6.45) is 3.12. The van der Waals surface area contributed by atoms with Crippen LogP contribution in [0.3, 0.4) is 0 Å². The number of aromatic nitrogens is 2. The van der Waals surface area contributed by atoms with Crippen LogP contribution < -0.4 is 9.47 Å². The topological polar surface area (TPSA) is 52.3 Å². The number of ether oxygens (including phenoxy) is 1. The number of rotatable bonds is 7. The molecule has 0 aliphatic carbocycles. The van der Waals surface area contributed by atoms with Crippen molar-refractivity contribution in [2.75, 3.05) is 26.2 Å². The van der Waals surface area contributed by atoms with Crippen molar-refractivity contribution in [1.29, 1.82) is 0 Å². The molecule has 0 aliphatic heterocycles. The van der Waals surface area contributed by atoms with Gasteiger partial charge in [0.1, 0.15) is 18.1 Å². The summed E-state index contributed by atoms with van der Waals surface area (Å²) in [4.78, 5) is 6.49. The van der Waals surface area contributed by atoms with Gasteiger partial charge in [-0.1, -0.05) is 19.9 Å². The summed E-state index contributed by atoms with van der Waals surface area (Å²) in [6, 6.07) is 8.90. The predicted octanol–water partition coefficient (Wildman–Crippen LogP) is 2.10. The van der Waals surface area contributed by atoms with Crippen molar-refractivity contribution in [2.24, 2.45) is 0 Å². The average Bonchev–Trinajstić information content (AvgIpc) is 2.54. The molecule has 0 saturated heterocycles. The Kier molecular flexibility index (Phi) is 5.51. The van der Waals surface area contributed by atoms with Crippen LogP contribution in [0.4, 0.5) is 0 Å². The summed E-state index contributed by atoms with van der Waals surface area (Å²) in [5.41, 5.74) is 1.14. The number of hydrogen-bond donors (Lipinski definition) is 0. The van der Waals surface area contributed by atoms with Gasteiger partial charge in [-0.25, -0.2) is 4.98 Å². The van der Waals surface area contributed by atoms with Gasteiger partial charge in [0, 0.05) is 18.8 Å². The Labute approximate surface area is 125 Å². The van der Waals surface area contributed by atoms with Crippen LogP contribution in [0.1, 0.15) is 13.8 Å². The first-order valence-corrected chi connectivity index (χ1v) is 7.24. The van der Waals surface area contributed by atoms with Crippen LogP contribution in [-0.4, -0.2) is 36.1 Å². The summed E-state index contributed by atoms with van der Waals surface area (Å²) in [5.74, 6) is 0.690. The third-order valence-electron chi connectivity index (χ3n) is 3.39. The molecule has 2 aromatic rings. The molecule has 0 fully saturated rings. The summed E-state index contributed by atoms with van der Waals surface area (Å²) in [5, 5.41) is 11.9. The minimum atomic E-state index is 0.496. The zero-order valence-corrected chi connectivity index (χ0v) is 12.5. The maximum absolute atomic E-state index is 11.9. The monoisotopic (exact) mass is 287 g/mol. The van der Waals surface area contributed by atoms with Crippen LogP contribution in [-0.2, 0) is 0 Å². The summed E-state index contributed by atoms with van der Waals surface area (Å²) >= 11 is 0. The lowest BCUT2D eigenvalue weighted by Crippen LogP contribution is -2.29. The average molecular weight is 287 g/mol. The highest BCUT2D eigenvalue weighted by Crippen LogP contribution is 2.17. The van der Waals surface area contributed by atoms with E-state index in [0.717, 1.165) is 24.4 Å². The van der Waals surface area contributed by atoms with Gasteiger partial charge in [-0.2, -0.15) is 4.73 Å². The minimum Gasteiger partial charge on any atom is -0.618 e. The first-order chi connectivity index (χ1) is 10.2. The van der Waals surface area contributed by atoms with Crippen LogP contribution in [0.25, 0.3) is 11.4 Å². The molecule has 0 amide bonds. The van der Waals surface area contributed by atoms with E-state index in [1.54, 1.807) is 18.3 Å². The molecule has 112 valence electrons. The van der Waals surface area contributed by atoms with Gasteiger partial charge in [-0.05, 0) is 25.2 Å². The maximum Gasteiger partial charge on any atom is 0.246 e. The van der Waals surface area contributed by atoms with Crippen molar-refractivity contribution in [3.05, 3.63) is 47.9 Å². The van der Waals surface area contributed by atoms with E-state index >= 15 is 0 Å². The standard InChI is InChI=1S/C16H21N3O2/c1-3-18(4-2)11-12-21-14-8-10-19(20)16(13-14)15-7-5-6-9-17-15/h5-10,13H,3-4,11-12H2,1-2H3. The van der Waals surface area contributed by atoms with Gasteiger partial charge in [0.25, 0.3) is 0 Å². The Morgan fingerprint density at radius 3 is 2.71 bits per heavy atom. The number of pyridine rings is 2. The van der Waals surface area contributed by atoms with Gasteiger partial charge in [-0.3, -0.25) is 0 Å². The smallest absolute Gasteiger partial charge is 0.246 e. The van der Waals surface area contributed by atoms with Gasteiger partial charge < -0.3 is 14.8 Å². The molecule has 5 heteroatoms. The fourth-order valence-corrected chi connectivity index (χ4v) is 2.09. The van der Waals surface area contributed by atoms with Crippen LogP contribution in [0, 0.1) is 5.21 Å². The largest absolute Gasteiger partial charge is 0.618 e. The molecule has 0 radical (unpaired) electrons. The van der Waals surface area contributed by atoms with Crippen molar-refractivity contribution in [3.63, 3.8) is 0 Å². The highest BCUT2D eigenvalue weighted by Gasteiger charge is 2.11. The number of nitrogens with zero attached hydrogens (tertiary/aromatic N) is 3. The minimum absolute atomic E-state index is 0.496. The van der Waals surface area contributed by atoms with E-state index in [-0.39, 0.29) is 0 Å².